The summed E-state index contributed by atoms with van der Waals surface area (Å²) in [6, 6.07) is 24.3. The second kappa shape index (κ2) is 15.3. The minimum absolute atomic E-state index is 0.0455. The molecule has 2 heterocycles. The summed E-state index contributed by atoms with van der Waals surface area (Å²) in [6.45, 7) is 8.00. The molecular formula is C38H34F4O4S2. The van der Waals surface area contributed by atoms with Crippen molar-refractivity contribution in [2.45, 2.75) is 65.2 Å². The van der Waals surface area contributed by atoms with Gasteiger partial charge >= 0.3 is 11.8 Å². The van der Waals surface area contributed by atoms with Crippen LogP contribution in [0.25, 0.3) is 40.3 Å². The number of rotatable bonds is 11. The fourth-order valence-electron chi connectivity index (χ4n) is 5.18. The van der Waals surface area contributed by atoms with E-state index in [9.17, 15) is 36.7 Å². The Kier molecular flexibility index (Phi) is 11.6. The molecule has 0 atom stereocenters. The molecule has 250 valence electrons. The van der Waals surface area contributed by atoms with Gasteiger partial charge in [0.1, 0.15) is 5.78 Å². The summed E-state index contributed by atoms with van der Waals surface area (Å²) in [5, 5.41) is 3.28. The molecular weight excluding hydrogens is 661 g/mol. The van der Waals surface area contributed by atoms with Gasteiger partial charge in [0.2, 0.25) is 5.78 Å². The van der Waals surface area contributed by atoms with Gasteiger partial charge in [-0.05, 0) is 48.5 Å². The topological polar surface area (TPSA) is 68.3 Å². The van der Waals surface area contributed by atoms with Gasteiger partial charge in [-0.2, -0.15) is 17.6 Å². The number of fused-ring (bicyclic) bond motifs is 6. The average molecular weight is 695 g/mol. The van der Waals surface area contributed by atoms with E-state index < -0.39 is 60.7 Å². The van der Waals surface area contributed by atoms with E-state index >= 15 is 0 Å². The molecule has 6 aromatic rings. The molecule has 0 aliphatic rings. The summed E-state index contributed by atoms with van der Waals surface area (Å²) < 4.78 is 62.4. The summed E-state index contributed by atoms with van der Waals surface area (Å²) in [4.78, 5) is 50.2. The van der Waals surface area contributed by atoms with Crippen LogP contribution in [-0.4, -0.2) is 35.0 Å². The van der Waals surface area contributed by atoms with E-state index in [0.717, 1.165) is 35.0 Å². The molecule has 0 aliphatic carbocycles. The average Bonchev–Trinajstić information content (AvgIpc) is 3.66. The molecule has 0 saturated heterocycles. The highest BCUT2D eigenvalue weighted by atomic mass is 32.1. The SMILES string of the molecule is CC.CC.O=C(CCC(F)(F)C(F)(F)C(=O)CC(=O)c1ccc2sc3ccccc3c2c1)CC(=O)c1ccc2sc3ccccc3c2c1. The van der Waals surface area contributed by atoms with Gasteiger partial charge in [-0.15, -0.1) is 22.7 Å². The van der Waals surface area contributed by atoms with Crippen molar-refractivity contribution in [1.29, 1.82) is 0 Å². The number of hydrogen-bond acceptors (Lipinski definition) is 6. The van der Waals surface area contributed by atoms with Crippen molar-refractivity contribution in [3.63, 3.8) is 0 Å². The lowest BCUT2D eigenvalue weighted by Crippen LogP contribution is -2.48. The smallest absolute Gasteiger partial charge is 0.299 e. The highest BCUT2D eigenvalue weighted by Crippen LogP contribution is 2.40. The summed E-state index contributed by atoms with van der Waals surface area (Å²) in [6.07, 6.45) is -4.86. The normalized spacial score (nSPS) is 11.6. The Hall–Kier alpha value is -4.28. The van der Waals surface area contributed by atoms with Crippen LogP contribution >= 0.6 is 22.7 Å². The van der Waals surface area contributed by atoms with Gasteiger partial charge in [-0.1, -0.05) is 64.1 Å². The van der Waals surface area contributed by atoms with E-state index in [4.69, 9.17) is 0 Å². The summed E-state index contributed by atoms with van der Waals surface area (Å²) in [5.74, 6) is -14.9. The summed E-state index contributed by atoms with van der Waals surface area (Å²) in [5.41, 5.74) is 0.157. The maximum absolute atomic E-state index is 14.7. The monoisotopic (exact) mass is 694 g/mol. The molecule has 0 bridgehead atoms. The van der Waals surface area contributed by atoms with Crippen LogP contribution < -0.4 is 0 Å². The molecule has 0 saturated carbocycles. The third kappa shape index (κ3) is 7.39. The van der Waals surface area contributed by atoms with Crippen LogP contribution in [0, 0.1) is 0 Å². The van der Waals surface area contributed by atoms with Crippen molar-refractivity contribution in [2.24, 2.45) is 0 Å². The zero-order valence-corrected chi connectivity index (χ0v) is 28.5. The van der Waals surface area contributed by atoms with E-state index in [1.165, 1.54) is 40.9 Å². The van der Waals surface area contributed by atoms with Gasteiger partial charge in [-0.3, -0.25) is 19.2 Å². The minimum atomic E-state index is -5.18. The Morgan fingerprint density at radius 2 is 0.979 bits per heavy atom. The fraction of sp³-hybridized carbons (Fsp3) is 0.263. The molecule has 0 fully saturated rings. The van der Waals surface area contributed by atoms with Crippen molar-refractivity contribution >= 4 is 86.2 Å². The number of carbonyl (C=O) groups excluding carboxylic acids is 4. The third-order valence-electron chi connectivity index (χ3n) is 7.60. The Balaban J connectivity index is 0.00000125. The second-order valence-electron chi connectivity index (χ2n) is 10.6. The van der Waals surface area contributed by atoms with Crippen molar-refractivity contribution in [1.82, 2.24) is 0 Å². The van der Waals surface area contributed by atoms with Gasteiger partial charge in [0.15, 0.2) is 11.6 Å². The number of alkyl halides is 4. The molecule has 48 heavy (non-hydrogen) atoms. The number of halogens is 4. The highest BCUT2D eigenvalue weighted by Gasteiger charge is 2.61. The van der Waals surface area contributed by atoms with Gasteiger partial charge < -0.3 is 0 Å². The Labute approximate surface area is 283 Å². The van der Waals surface area contributed by atoms with Crippen LogP contribution in [0.4, 0.5) is 17.6 Å². The number of ketones is 4. The predicted octanol–water partition coefficient (Wildman–Crippen LogP) is 11.5. The van der Waals surface area contributed by atoms with Crippen molar-refractivity contribution in [3.05, 3.63) is 96.1 Å². The predicted molar refractivity (Wildman–Crippen MR) is 188 cm³/mol. The molecule has 0 spiro atoms. The first-order valence-electron chi connectivity index (χ1n) is 15.6. The van der Waals surface area contributed by atoms with Crippen molar-refractivity contribution < 1.29 is 36.7 Å². The zero-order chi connectivity index (χ0) is 35.2. The Bertz CT molecular complexity index is 2130. The zero-order valence-electron chi connectivity index (χ0n) is 26.9. The van der Waals surface area contributed by atoms with Crippen molar-refractivity contribution in [3.8, 4) is 0 Å². The lowest BCUT2D eigenvalue weighted by atomic mass is 9.94. The second-order valence-corrected chi connectivity index (χ2v) is 12.7. The van der Waals surface area contributed by atoms with Crippen LogP contribution in [-0.2, 0) is 9.59 Å². The number of benzene rings is 4. The van der Waals surface area contributed by atoms with Gasteiger partial charge in [0, 0.05) is 64.3 Å². The third-order valence-corrected chi connectivity index (χ3v) is 9.91. The standard InChI is InChI=1S/C34H22F4O4S2.2C2H6/c35-33(36,14-13-21(39)17-26(40)19-9-11-30-24(15-19)22-5-1-3-7-28(22)43-30)34(37,38)32(42)18-27(41)20-10-12-31-25(16-20)23-6-2-4-8-29(23)44-31;2*1-2/h1-12,15-16H,13-14,17-18H2;2*1-2H3. The first-order valence-corrected chi connectivity index (χ1v) is 17.3. The van der Waals surface area contributed by atoms with Gasteiger partial charge in [-0.25, -0.2) is 0 Å². The molecule has 4 nitrogen and oxygen atoms in total. The molecule has 0 unspecified atom stereocenters. The first-order chi connectivity index (χ1) is 22.9. The number of thiophene rings is 2. The van der Waals surface area contributed by atoms with Crippen LogP contribution in [0.2, 0.25) is 0 Å². The molecule has 0 aliphatic heterocycles. The van der Waals surface area contributed by atoms with E-state index in [1.807, 2.05) is 70.2 Å². The lowest BCUT2D eigenvalue weighted by Gasteiger charge is -2.25. The van der Waals surface area contributed by atoms with Gasteiger partial charge in [0.25, 0.3) is 0 Å². The largest absolute Gasteiger partial charge is 0.367 e. The summed E-state index contributed by atoms with van der Waals surface area (Å²) >= 11 is 3.00. The molecule has 0 radical (unpaired) electrons. The maximum Gasteiger partial charge on any atom is 0.367 e. The lowest BCUT2D eigenvalue weighted by molar-refractivity contribution is -0.210. The number of carbonyl (C=O) groups is 4. The molecule has 10 heteroatoms. The molecule has 0 N–H and O–H groups in total. The number of hydrogen-bond donors (Lipinski definition) is 0. The van der Waals surface area contributed by atoms with Crippen molar-refractivity contribution in [2.75, 3.05) is 0 Å². The summed E-state index contributed by atoms with van der Waals surface area (Å²) in [7, 11) is 0. The van der Waals surface area contributed by atoms with Crippen LogP contribution in [0.3, 0.4) is 0 Å². The minimum Gasteiger partial charge on any atom is -0.299 e. The maximum atomic E-state index is 14.7. The van der Waals surface area contributed by atoms with E-state index in [2.05, 4.69) is 0 Å². The van der Waals surface area contributed by atoms with E-state index in [-0.39, 0.29) is 11.1 Å². The Morgan fingerprint density at radius 1 is 0.562 bits per heavy atom. The molecule has 4 aromatic carbocycles. The molecule has 2 aromatic heterocycles. The molecule has 0 amide bonds. The van der Waals surface area contributed by atoms with E-state index in [0.29, 0.717) is 5.39 Å². The van der Waals surface area contributed by atoms with E-state index in [1.54, 1.807) is 24.3 Å². The Morgan fingerprint density at radius 3 is 1.46 bits per heavy atom. The quantitative estimate of drug-likeness (QED) is 0.0769. The molecule has 6 rings (SSSR count). The van der Waals surface area contributed by atoms with Crippen LogP contribution in [0.1, 0.15) is 74.1 Å². The van der Waals surface area contributed by atoms with Crippen LogP contribution in [0.15, 0.2) is 84.9 Å². The van der Waals surface area contributed by atoms with Crippen LogP contribution in [0.5, 0.6) is 0 Å². The van der Waals surface area contributed by atoms with Gasteiger partial charge in [0.05, 0.1) is 12.8 Å². The fourth-order valence-corrected chi connectivity index (χ4v) is 7.36. The highest BCUT2D eigenvalue weighted by molar-refractivity contribution is 7.26. The first kappa shape index (κ1) is 36.6. The number of Topliss-reactive ketones (excluding diaryl/α,β-unsaturated/α-hetero) is 4.